The summed E-state index contributed by atoms with van der Waals surface area (Å²) in [5, 5.41) is 11.1. The zero-order chi connectivity index (χ0) is 14.5. The van der Waals surface area contributed by atoms with Gasteiger partial charge in [-0.1, -0.05) is 0 Å². The Bertz CT molecular complexity index is 609. The molecule has 0 unspecified atom stereocenters. The van der Waals surface area contributed by atoms with E-state index in [0.717, 1.165) is 12.2 Å². The van der Waals surface area contributed by atoms with Crippen LogP contribution >= 0.6 is 0 Å². The summed E-state index contributed by atoms with van der Waals surface area (Å²) in [5.41, 5.74) is 0.748. The fourth-order valence-corrected chi connectivity index (χ4v) is 1.26. The van der Waals surface area contributed by atoms with Gasteiger partial charge in [-0.05, 0) is 24.3 Å². The van der Waals surface area contributed by atoms with E-state index in [-0.39, 0.29) is 5.23 Å². The number of benzene rings is 1. The van der Waals surface area contributed by atoms with Crippen molar-refractivity contribution in [1.82, 2.24) is 5.23 Å². The number of anilines is 1. The molecule has 1 heterocycles. The number of carbonyl (C=O) groups is 3. The maximum atomic E-state index is 11.7. The van der Waals surface area contributed by atoms with Crippen molar-refractivity contribution in [2.24, 2.45) is 0 Å². The third-order valence-electron chi connectivity index (χ3n) is 2.13. The van der Waals surface area contributed by atoms with E-state index in [4.69, 9.17) is 5.26 Å². The number of hydroxylamine groups is 2. The molecule has 0 bridgehead atoms. The van der Waals surface area contributed by atoms with E-state index in [1.54, 1.807) is 0 Å². The normalized spacial score (nSPS) is 13.8. The van der Waals surface area contributed by atoms with E-state index in [1.807, 2.05) is 6.07 Å². The van der Waals surface area contributed by atoms with E-state index in [0.29, 0.717) is 11.3 Å². The third-order valence-corrected chi connectivity index (χ3v) is 2.13. The zero-order valence-electron chi connectivity index (χ0n) is 9.90. The first-order chi connectivity index (χ1) is 9.58. The van der Waals surface area contributed by atoms with E-state index in [2.05, 4.69) is 15.0 Å². The number of nitriles is 1. The monoisotopic (exact) mass is 273 g/mol. The van der Waals surface area contributed by atoms with E-state index < -0.39 is 18.0 Å². The van der Waals surface area contributed by atoms with E-state index in [1.165, 1.54) is 24.3 Å². The number of carbonyl (C=O) groups excluding carboxylic acids is 3. The van der Waals surface area contributed by atoms with Gasteiger partial charge < -0.3 is 5.32 Å². The summed E-state index contributed by atoms with van der Waals surface area (Å²) >= 11 is 0. The Morgan fingerprint density at radius 1 is 1.10 bits per heavy atom. The first kappa shape index (κ1) is 13.1. The largest absolute Gasteiger partial charge is 0.393 e. The van der Waals surface area contributed by atoms with Crippen molar-refractivity contribution in [2.75, 3.05) is 5.32 Å². The maximum Gasteiger partial charge on any atom is 0.393 e. The van der Waals surface area contributed by atoms with Gasteiger partial charge in [0.25, 0.3) is 0 Å². The second kappa shape index (κ2) is 5.53. The van der Waals surface area contributed by atoms with Crippen LogP contribution in [0.25, 0.3) is 0 Å². The number of hydrogen-bond donors (Lipinski definition) is 1. The van der Waals surface area contributed by atoms with Crippen LogP contribution in [0.15, 0.2) is 36.4 Å². The zero-order valence-corrected chi connectivity index (χ0v) is 9.90. The Kier molecular flexibility index (Phi) is 3.63. The molecule has 0 fully saturated rings. The van der Waals surface area contributed by atoms with Gasteiger partial charge in [-0.3, -0.25) is 9.68 Å². The van der Waals surface area contributed by atoms with Crippen molar-refractivity contribution in [3.8, 4) is 6.07 Å². The molecule has 1 aromatic carbocycles. The van der Waals surface area contributed by atoms with Crippen molar-refractivity contribution in [3.05, 3.63) is 42.0 Å². The van der Waals surface area contributed by atoms with Crippen molar-refractivity contribution in [3.63, 3.8) is 0 Å². The van der Waals surface area contributed by atoms with Crippen molar-refractivity contribution < 1.29 is 24.1 Å². The SMILES string of the molecule is N#Cc1ccc(NC(=O)N2OC(=O)C=CC(=O)O2)cc1. The first-order valence-electron chi connectivity index (χ1n) is 5.32. The van der Waals surface area contributed by atoms with Crippen LogP contribution in [0.5, 0.6) is 0 Å². The summed E-state index contributed by atoms with van der Waals surface area (Å²) in [6.07, 6.45) is 1.66. The second-order valence-electron chi connectivity index (χ2n) is 3.53. The van der Waals surface area contributed by atoms with Crippen LogP contribution < -0.4 is 5.32 Å². The highest BCUT2D eigenvalue weighted by Gasteiger charge is 2.25. The number of nitrogens with zero attached hydrogens (tertiary/aromatic N) is 2. The van der Waals surface area contributed by atoms with Crippen molar-refractivity contribution in [1.29, 1.82) is 5.26 Å². The predicted octanol–water partition coefficient (Wildman–Crippen LogP) is 0.878. The molecule has 0 aliphatic carbocycles. The highest BCUT2D eigenvalue weighted by Crippen LogP contribution is 2.11. The van der Waals surface area contributed by atoms with Gasteiger partial charge >= 0.3 is 18.0 Å². The molecule has 2 amide bonds. The minimum absolute atomic E-state index is 0.142. The Morgan fingerprint density at radius 2 is 1.65 bits per heavy atom. The Balaban J connectivity index is 2.05. The second-order valence-corrected chi connectivity index (χ2v) is 3.53. The van der Waals surface area contributed by atoms with E-state index >= 15 is 0 Å². The molecule has 20 heavy (non-hydrogen) atoms. The third kappa shape index (κ3) is 3.11. The van der Waals surface area contributed by atoms with Crippen LogP contribution in [0.1, 0.15) is 5.56 Å². The molecule has 1 aliphatic heterocycles. The fourth-order valence-electron chi connectivity index (χ4n) is 1.26. The van der Waals surface area contributed by atoms with Gasteiger partial charge in [0.2, 0.25) is 0 Å². The lowest BCUT2D eigenvalue weighted by Gasteiger charge is -2.16. The molecule has 100 valence electrons. The summed E-state index contributed by atoms with van der Waals surface area (Å²) in [5.74, 6) is -1.85. The van der Waals surface area contributed by atoms with Gasteiger partial charge in [0.1, 0.15) is 0 Å². The number of amides is 2. The lowest BCUT2D eigenvalue weighted by Crippen LogP contribution is -2.36. The molecule has 0 saturated carbocycles. The van der Waals surface area contributed by atoms with Crippen LogP contribution in [0.3, 0.4) is 0 Å². The average Bonchev–Trinajstić information content (AvgIpc) is 2.61. The van der Waals surface area contributed by atoms with E-state index in [9.17, 15) is 14.4 Å². The number of hydrogen-bond acceptors (Lipinski definition) is 6. The lowest BCUT2D eigenvalue weighted by molar-refractivity contribution is -0.280. The van der Waals surface area contributed by atoms with Crippen LogP contribution in [0.2, 0.25) is 0 Å². The molecule has 0 atom stereocenters. The quantitative estimate of drug-likeness (QED) is 0.813. The van der Waals surface area contributed by atoms with Gasteiger partial charge in [0, 0.05) is 23.1 Å². The molecule has 8 heteroatoms. The number of urea groups is 1. The molecule has 0 radical (unpaired) electrons. The lowest BCUT2D eigenvalue weighted by atomic mass is 10.2. The Morgan fingerprint density at radius 3 is 2.15 bits per heavy atom. The van der Waals surface area contributed by atoms with Gasteiger partial charge in [-0.2, -0.15) is 5.26 Å². The van der Waals surface area contributed by atoms with Crippen LogP contribution in [-0.4, -0.2) is 23.2 Å². The summed E-state index contributed by atoms with van der Waals surface area (Å²) in [6, 6.07) is 6.85. The molecule has 1 aliphatic rings. The molecule has 2 rings (SSSR count). The first-order valence-corrected chi connectivity index (χ1v) is 5.32. The highest BCUT2D eigenvalue weighted by atomic mass is 17.0. The van der Waals surface area contributed by atoms with Crippen LogP contribution in [0, 0.1) is 11.3 Å². The van der Waals surface area contributed by atoms with Gasteiger partial charge in [-0.15, -0.1) is 0 Å². The molecule has 1 aromatic rings. The highest BCUT2D eigenvalue weighted by molar-refractivity contribution is 5.96. The molecule has 0 saturated heterocycles. The maximum absolute atomic E-state index is 11.7. The van der Waals surface area contributed by atoms with Crippen molar-refractivity contribution in [2.45, 2.75) is 0 Å². The van der Waals surface area contributed by atoms with Gasteiger partial charge in [0.15, 0.2) is 0 Å². The summed E-state index contributed by atoms with van der Waals surface area (Å²) in [6.45, 7) is 0. The minimum atomic E-state index is -0.972. The molecule has 0 aromatic heterocycles. The van der Waals surface area contributed by atoms with Gasteiger partial charge in [0.05, 0.1) is 11.6 Å². The molecule has 0 spiro atoms. The van der Waals surface area contributed by atoms with Gasteiger partial charge in [-0.25, -0.2) is 14.4 Å². The number of rotatable bonds is 1. The minimum Gasteiger partial charge on any atom is -0.303 e. The summed E-state index contributed by atoms with van der Waals surface area (Å²) in [4.78, 5) is 42.8. The fraction of sp³-hybridized carbons (Fsp3) is 0. The number of nitrogens with one attached hydrogen (secondary N) is 1. The summed E-state index contributed by atoms with van der Waals surface area (Å²) in [7, 11) is 0. The topological polar surface area (TPSA) is 109 Å². The molecule has 8 nitrogen and oxygen atoms in total. The van der Waals surface area contributed by atoms with Crippen LogP contribution in [0.4, 0.5) is 10.5 Å². The Labute approximate surface area is 112 Å². The average molecular weight is 273 g/mol. The van der Waals surface area contributed by atoms with Crippen LogP contribution in [-0.2, 0) is 19.3 Å². The standard InChI is InChI=1S/C12H7N3O5/c13-7-8-1-3-9(4-2-8)14-12(18)15-19-10(16)5-6-11(17)20-15/h1-6H,(H,14,18). The summed E-state index contributed by atoms with van der Waals surface area (Å²) < 4.78 is 0. The van der Waals surface area contributed by atoms with Crippen molar-refractivity contribution >= 4 is 23.7 Å². The molecular formula is C12H7N3O5. The Hall–Kier alpha value is -3.34. The molecular weight excluding hydrogens is 266 g/mol. The smallest absolute Gasteiger partial charge is 0.303 e. The predicted molar refractivity (Wildman–Crippen MR) is 63.3 cm³/mol. The molecule has 1 N–H and O–H groups in total.